The van der Waals surface area contributed by atoms with Gasteiger partial charge >= 0.3 is 0 Å². The number of nitrogens with zero attached hydrogens (tertiary/aromatic N) is 4. The maximum absolute atomic E-state index is 12.3. The van der Waals surface area contributed by atoms with Gasteiger partial charge in [-0.05, 0) is 43.2 Å². The quantitative estimate of drug-likeness (QED) is 0.677. The van der Waals surface area contributed by atoms with Crippen LogP contribution in [0.4, 0.5) is 11.5 Å². The number of halogens is 1. The topological polar surface area (TPSA) is 82.6 Å². The summed E-state index contributed by atoms with van der Waals surface area (Å²) in [4.78, 5) is 17.1. The molecule has 1 aromatic carbocycles. The molecular weight excluding hydrogens is 416 g/mol. The van der Waals surface area contributed by atoms with Crippen LogP contribution in [0.25, 0.3) is 0 Å². The Balaban J connectivity index is 1.17. The van der Waals surface area contributed by atoms with Gasteiger partial charge in [-0.25, -0.2) is 0 Å². The molecule has 4 rings (SSSR count). The van der Waals surface area contributed by atoms with Crippen LogP contribution in [0.2, 0.25) is 5.02 Å². The molecule has 0 radical (unpaired) electrons. The highest BCUT2D eigenvalue weighted by atomic mass is 35.5. The first-order chi connectivity index (χ1) is 15.2. The van der Waals surface area contributed by atoms with Gasteiger partial charge in [-0.15, -0.1) is 10.2 Å². The van der Waals surface area contributed by atoms with Crippen LogP contribution in [-0.2, 0) is 4.74 Å². The van der Waals surface area contributed by atoms with E-state index in [0.29, 0.717) is 24.7 Å². The van der Waals surface area contributed by atoms with E-state index in [1.807, 2.05) is 24.3 Å². The Morgan fingerprint density at radius 2 is 1.90 bits per heavy atom. The number of piperazine rings is 1. The van der Waals surface area contributed by atoms with E-state index in [9.17, 15) is 4.79 Å². The summed E-state index contributed by atoms with van der Waals surface area (Å²) in [5, 5.41) is 15.3. The van der Waals surface area contributed by atoms with Crippen molar-refractivity contribution >= 4 is 29.0 Å². The lowest BCUT2D eigenvalue weighted by atomic mass is 10.1. The van der Waals surface area contributed by atoms with E-state index in [4.69, 9.17) is 16.3 Å². The molecule has 0 bridgehead atoms. The van der Waals surface area contributed by atoms with E-state index in [0.717, 1.165) is 57.1 Å². The zero-order valence-corrected chi connectivity index (χ0v) is 18.4. The molecule has 2 fully saturated rings. The van der Waals surface area contributed by atoms with Crippen LogP contribution in [0.5, 0.6) is 0 Å². The van der Waals surface area contributed by atoms with Crippen LogP contribution in [-0.4, -0.2) is 79.5 Å². The summed E-state index contributed by atoms with van der Waals surface area (Å²) < 4.78 is 5.32. The fraction of sp³-hybridized carbons (Fsp3) is 0.500. The lowest BCUT2D eigenvalue weighted by Gasteiger charge is -2.36. The average Bonchev–Trinajstić information content (AvgIpc) is 2.81. The maximum atomic E-state index is 12.3. The molecule has 166 valence electrons. The minimum absolute atomic E-state index is 0.153. The molecule has 2 aliphatic heterocycles. The first kappa shape index (κ1) is 21.8. The lowest BCUT2D eigenvalue weighted by Crippen LogP contribution is -2.47. The van der Waals surface area contributed by atoms with Crippen molar-refractivity contribution in [2.24, 2.45) is 0 Å². The van der Waals surface area contributed by atoms with Crippen LogP contribution in [0.3, 0.4) is 0 Å². The molecule has 2 aromatic rings. The summed E-state index contributed by atoms with van der Waals surface area (Å²) in [5.74, 6) is 0.503. The first-order valence-electron chi connectivity index (χ1n) is 10.9. The molecular formula is C22H29ClN6O2. The van der Waals surface area contributed by atoms with Crippen LogP contribution >= 0.6 is 11.6 Å². The van der Waals surface area contributed by atoms with E-state index >= 15 is 0 Å². The minimum Gasteiger partial charge on any atom is -0.381 e. The zero-order valence-electron chi connectivity index (χ0n) is 17.6. The molecule has 0 unspecified atom stereocenters. The summed E-state index contributed by atoms with van der Waals surface area (Å²) in [7, 11) is 0. The Kier molecular flexibility index (Phi) is 7.56. The summed E-state index contributed by atoms with van der Waals surface area (Å²) >= 11 is 6.11. The van der Waals surface area contributed by atoms with Gasteiger partial charge < -0.3 is 20.3 Å². The molecule has 2 saturated heterocycles. The van der Waals surface area contributed by atoms with Gasteiger partial charge in [0.1, 0.15) is 5.82 Å². The summed E-state index contributed by atoms with van der Waals surface area (Å²) in [5.41, 5.74) is 1.52. The van der Waals surface area contributed by atoms with Gasteiger partial charge in [0.2, 0.25) is 0 Å². The SMILES string of the molecule is O=C(NC1CCOCC1)c1ccc(NCCN2CCN(c3cccc(Cl)c3)CC2)nn1. The number of carbonyl (C=O) groups is 1. The summed E-state index contributed by atoms with van der Waals surface area (Å²) in [6.45, 7) is 7.06. The van der Waals surface area contributed by atoms with Crippen molar-refractivity contribution in [1.82, 2.24) is 20.4 Å². The molecule has 0 spiro atoms. The maximum Gasteiger partial charge on any atom is 0.272 e. The monoisotopic (exact) mass is 444 g/mol. The molecule has 2 N–H and O–H groups in total. The van der Waals surface area contributed by atoms with Crippen molar-refractivity contribution in [2.45, 2.75) is 18.9 Å². The van der Waals surface area contributed by atoms with Gasteiger partial charge in [0, 0.05) is 69.2 Å². The highest BCUT2D eigenvalue weighted by Gasteiger charge is 2.19. The first-order valence-corrected chi connectivity index (χ1v) is 11.2. The van der Waals surface area contributed by atoms with E-state index in [2.05, 4.69) is 36.7 Å². The smallest absolute Gasteiger partial charge is 0.272 e. The molecule has 1 aromatic heterocycles. The predicted octanol–water partition coefficient (Wildman–Crippen LogP) is 2.27. The molecule has 0 atom stereocenters. The number of benzene rings is 1. The second kappa shape index (κ2) is 10.7. The third kappa shape index (κ3) is 6.29. The standard InChI is InChI=1S/C22H29ClN6O2/c23-17-2-1-3-19(16-17)29-12-10-28(11-13-29)9-8-24-21-5-4-20(26-27-21)22(30)25-18-6-14-31-15-7-18/h1-5,16,18H,6-15H2,(H,24,27)(H,25,30). The van der Waals surface area contributed by atoms with Gasteiger partial charge in [-0.2, -0.15) is 0 Å². The van der Waals surface area contributed by atoms with Crippen LogP contribution in [0, 0.1) is 0 Å². The molecule has 3 heterocycles. The minimum atomic E-state index is -0.177. The number of rotatable bonds is 7. The zero-order chi connectivity index (χ0) is 21.5. The Hall–Kier alpha value is -2.42. The largest absolute Gasteiger partial charge is 0.381 e. The van der Waals surface area contributed by atoms with Gasteiger partial charge in [-0.1, -0.05) is 17.7 Å². The van der Waals surface area contributed by atoms with Gasteiger partial charge in [0.15, 0.2) is 5.69 Å². The normalized spacial score (nSPS) is 18.0. The van der Waals surface area contributed by atoms with E-state index in [1.54, 1.807) is 6.07 Å². The number of anilines is 2. The third-order valence-electron chi connectivity index (χ3n) is 5.73. The third-order valence-corrected chi connectivity index (χ3v) is 5.97. The molecule has 9 heteroatoms. The Morgan fingerprint density at radius 1 is 1.10 bits per heavy atom. The molecule has 31 heavy (non-hydrogen) atoms. The number of nitrogens with one attached hydrogen (secondary N) is 2. The number of hydrogen-bond acceptors (Lipinski definition) is 7. The second-order valence-electron chi connectivity index (χ2n) is 7.90. The number of carbonyl (C=O) groups excluding carboxylic acids is 1. The van der Waals surface area contributed by atoms with Crippen molar-refractivity contribution in [3.8, 4) is 0 Å². The Morgan fingerprint density at radius 3 is 2.61 bits per heavy atom. The van der Waals surface area contributed by atoms with Crippen LogP contribution < -0.4 is 15.5 Å². The predicted molar refractivity (Wildman–Crippen MR) is 122 cm³/mol. The average molecular weight is 445 g/mol. The van der Waals surface area contributed by atoms with Gasteiger partial charge in [0.05, 0.1) is 0 Å². The Bertz CT molecular complexity index is 851. The number of hydrogen-bond donors (Lipinski definition) is 2. The second-order valence-corrected chi connectivity index (χ2v) is 8.34. The van der Waals surface area contributed by atoms with Crippen molar-refractivity contribution in [3.63, 3.8) is 0 Å². The van der Waals surface area contributed by atoms with Gasteiger partial charge in [-0.3, -0.25) is 9.69 Å². The molecule has 0 saturated carbocycles. The highest BCUT2D eigenvalue weighted by molar-refractivity contribution is 6.30. The van der Waals surface area contributed by atoms with E-state index in [-0.39, 0.29) is 11.9 Å². The summed E-state index contributed by atoms with van der Waals surface area (Å²) in [6.07, 6.45) is 1.68. The fourth-order valence-corrected chi connectivity index (χ4v) is 4.08. The van der Waals surface area contributed by atoms with E-state index in [1.165, 1.54) is 5.69 Å². The molecule has 8 nitrogen and oxygen atoms in total. The highest BCUT2D eigenvalue weighted by Crippen LogP contribution is 2.20. The van der Waals surface area contributed by atoms with Gasteiger partial charge in [0.25, 0.3) is 5.91 Å². The number of amides is 1. The van der Waals surface area contributed by atoms with Crippen LogP contribution in [0.1, 0.15) is 23.3 Å². The van der Waals surface area contributed by atoms with Crippen molar-refractivity contribution in [2.75, 3.05) is 62.7 Å². The van der Waals surface area contributed by atoms with Crippen molar-refractivity contribution in [1.29, 1.82) is 0 Å². The Labute approximate surface area is 187 Å². The fourth-order valence-electron chi connectivity index (χ4n) is 3.89. The molecule has 0 aliphatic carbocycles. The summed E-state index contributed by atoms with van der Waals surface area (Å²) in [6, 6.07) is 11.7. The lowest BCUT2D eigenvalue weighted by molar-refractivity contribution is 0.0693. The van der Waals surface area contributed by atoms with Crippen molar-refractivity contribution < 1.29 is 9.53 Å². The number of aromatic nitrogens is 2. The van der Waals surface area contributed by atoms with Crippen LogP contribution in [0.15, 0.2) is 36.4 Å². The molecule has 2 aliphatic rings. The van der Waals surface area contributed by atoms with E-state index < -0.39 is 0 Å². The molecule has 1 amide bonds. The van der Waals surface area contributed by atoms with Crippen molar-refractivity contribution in [3.05, 3.63) is 47.1 Å². The number of ether oxygens (including phenoxy) is 1.